The number of allylic oxidation sites excluding steroid dienone is 1. The number of methoxy groups -OCH3 is 1. The van der Waals surface area contributed by atoms with Crippen LogP contribution in [0.3, 0.4) is 0 Å². The summed E-state index contributed by atoms with van der Waals surface area (Å²) in [6, 6.07) is 0. The zero-order valence-corrected chi connectivity index (χ0v) is 7.39. The monoisotopic (exact) mass is 152 g/mol. The van der Waals surface area contributed by atoms with Gasteiger partial charge in [0, 0.05) is 13.0 Å². The van der Waals surface area contributed by atoms with Gasteiger partial charge in [0.05, 0.1) is 6.10 Å². The molecule has 0 radical (unpaired) electrons. The van der Waals surface area contributed by atoms with Crippen LogP contribution in [0.1, 0.15) is 19.8 Å². The van der Waals surface area contributed by atoms with E-state index in [1.165, 1.54) is 11.1 Å². The van der Waals surface area contributed by atoms with Gasteiger partial charge in [-0.2, -0.15) is 0 Å². The summed E-state index contributed by atoms with van der Waals surface area (Å²) in [4.78, 5) is 0. The van der Waals surface area contributed by atoms with E-state index in [1.807, 2.05) is 0 Å². The minimum Gasteiger partial charge on any atom is -0.377 e. The Bertz CT molecular complexity index is 181. The van der Waals surface area contributed by atoms with Crippen LogP contribution in [0.2, 0.25) is 0 Å². The summed E-state index contributed by atoms with van der Waals surface area (Å²) in [5, 5.41) is 0. The Hall–Kier alpha value is -0.560. The number of rotatable bonds is 2. The van der Waals surface area contributed by atoms with Gasteiger partial charge >= 0.3 is 0 Å². The van der Waals surface area contributed by atoms with E-state index in [2.05, 4.69) is 20.1 Å². The molecule has 0 heterocycles. The summed E-state index contributed by atoms with van der Waals surface area (Å²) >= 11 is 0. The molecule has 0 N–H and O–H groups in total. The third kappa shape index (κ3) is 1.54. The van der Waals surface area contributed by atoms with E-state index in [-0.39, 0.29) is 6.10 Å². The summed E-state index contributed by atoms with van der Waals surface area (Å²) in [7, 11) is 1.75. The minimum absolute atomic E-state index is 0.275. The molecule has 0 amide bonds. The molecule has 1 saturated carbocycles. The lowest BCUT2D eigenvalue weighted by Crippen LogP contribution is -2.09. The summed E-state index contributed by atoms with van der Waals surface area (Å²) in [6.07, 6.45) is 2.54. The lowest BCUT2D eigenvalue weighted by Gasteiger charge is -2.13. The van der Waals surface area contributed by atoms with Crippen molar-refractivity contribution < 1.29 is 4.74 Å². The van der Waals surface area contributed by atoms with Crippen LogP contribution in [-0.4, -0.2) is 13.2 Å². The molecule has 1 aliphatic carbocycles. The van der Waals surface area contributed by atoms with Gasteiger partial charge in [0.1, 0.15) is 0 Å². The largest absolute Gasteiger partial charge is 0.377 e. The molecule has 0 unspecified atom stereocenters. The lowest BCUT2D eigenvalue weighted by atomic mass is 9.97. The van der Waals surface area contributed by atoms with Gasteiger partial charge in [0.2, 0.25) is 0 Å². The van der Waals surface area contributed by atoms with Gasteiger partial charge in [0.15, 0.2) is 0 Å². The van der Waals surface area contributed by atoms with Crippen LogP contribution in [-0.2, 0) is 4.74 Å². The Kier molecular flexibility index (Phi) is 2.50. The first kappa shape index (κ1) is 8.54. The van der Waals surface area contributed by atoms with E-state index >= 15 is 0 Å². The van der Waals surface area contributed by atoms with E-state index in [0.29, 0.717) is 5.92 Å². The molecule has 0 aromatic carbocycles. The highest BCUT2D eigenvalue weighted by molar-refractivity contribution is 5.22. The van der Waals surface area contributed by atoms with Crippen molar-refractivity contribution >= 4 is 0 Å². The van der Waals surface area contributed by atoms with Crippen molar-refractivity contribution in [2.75, 3.05) is 7.11 Å². The Morgan fingerprint density at radius 2 is 2.18 bits per heavy atom. The topological polar surface area (TPSA) is 9.23 Å². The molecule has 11 heavy (non-hydrogen) atoms. The maximum atomic E-state index is 5.26. The molecule has 0 aromatic heterocycles. The molecule has 0 aliphatic heterocycles. The molecule has 0 spiro atoms. The molecule has 0 bridgehead atoms. The first-order valence-corrected chi connectivity index (χ1v) is 4.03. The summed E-state index contributed by atoms with van der Waals surface area (Å²) in [6.45, 7) is 10.0. The van der Waals surface area contributed by atoms with Crippen molar-refractivity contribution in [1.82, 2.24) is 0 Å². The number of hydrogen-bond acceptors (Lipinski definition) is 1. The molecule has 0 saturated heterocycles. The maximum absolute atomic E-state index is 5.26. The van der Waals surface area contributed by atoms with Gasteiger partial charge in [-0.05, 0) is 25.3 Å². The van der Waals surface area contributed by atoms with Gasteiger partial charge in [-0.15, -0.1) is 0 Å². The van der Waals surface area contributed by atoms with Crippen molar-refractivity contribution in [1.29, 1.82) is 0 Å². The van der Waals surface area contributed by atoms with Crippen molar-refractivity contribution in [3.05, 3.63) is 24.3 Å². The van der Waals surface area contributed by atoms with Crippen molar-refractivity contribution in [2.24, 2.45) is 5.92 Å². The average Bonchev–Trinajstić information content (AvgIpc) is 2.30. The normalized spacial score (nSPS) is 30.9. The lowest BCUT2D eigenvalue weighted by molar-refractivity contribution is 0.137. The van der Waals surface area contributed by atoms with Crippen molar-refractivity contribution in [3.8, 4) is 0 Å². The summed E-state index contributed by atoms with van der Waals surface area (Å²) in [5.74, 6) is 0.500. The Morgan fingerprint density at radius 1 is 1.55 bits per heavy atom. The smallest absolute Gasteiger partial charge is 0.0784 e. The predicted octanol–water partition coefficient (Wildman–Crippen LogP) is 2.54. The maximum Gasteiger partial charge on any atom is 0.0784 e. The number of ether oxygens (including phenoxy) is 1. The van der Waals surface area contributed by atoms with Gasteiger partial charge in [-0.3, -0.25) is 0 Å². The molecule has 62 valence electrons. The second-order valence-electron chi connectivity index (χ2n) is 3.28. The fraction of sp³-hybridized carbons (Fsp3) is 0.600. The van der Waals surface area contributed by atoms with Crippen LogP contribution in [0.25, 0.3) is 0 Å². The highest BCUT2D eigenvalue weighted by Gasteiger charge is 2.28. The van der Waals surface area contributed by atoms with E-state index in [1.54, 1.807) is 7.11 Å². The summed E-state index contributed by atoms with van der Waals surface area (Å²) in [5.41, 5.74) is 2.43. The predicted molar refractivity (Wildman–Crippen MR) is 47.5 cm³/mol. The third-order valence-corrected chi connectivity index (χ3v) is 2.46. The van der Waals surface area contributed by atoms with Gasteiger partial charge in [-0.1, -0.05) is 18.7 Å². The van der Waals surface area contributed by atoms with Gasteiger partial charge in [0.25, 0.3) is 0 Å². The second-order valence-corrected chi connectivity index (χ2v) is 3.28. The fourth-order valence-electron chi connectivity index (χ4n) is 1.75. The van der Waals surface area contributed by atoms with E-state index < -0.39 is 0 Å². The average molecular weight is 152 g/mol. The third-order valence-electron chi connectivity index (χ3n) is 2.46. The minimum atomic E-state index is 0.275. The van der Waals surface area contributed by atoms with Crippen LogP contribution in [0, 0.1) is 5.92 Å². The molecular weight excluding hydrogens is 136 g/mol. The molecule has 1 heteroatoms. The van der Waals surface area contributed by atoms with E-state index in [4.69, 9.17) is 4.74 Å². The molecule has 1 nitrogen and oxygen atoms in total. The Balaban J connectivity index is 2.63. The van der Waals surface area contributed by atoms with Crippen LogP contribution in [0.4, 0.5) is 0 Å². The zero-order valence-electron chi connectivity index (χ0n) is 7.39. The Morgan fingerprint density at radius 3 is 2.45 bits per heavy atom. The van der Waals surface area contributed by atoms with Crippen LogP contribution >= 0.6 is 0 Å². The molecule has 2 atom stereocenters. The summed E-state index contributed by atoms with van der Waals surface area (Å²) < 4.78 is 5.26. The van der Waals surface area contributed by atoms with Crippen LogP contribution in [0.5, 0.6) is 0 Å². The quantitative estimate of drug-likeness (QED) is 0.552. The molecule has 1 rings (SSSR count). The van der Waals surface area contributed by atoms with Crippen molar-refractivity contribution in [2.45, 2.75) is 25.9 Å². The SMILES string of the molecule is C=C(C)[C@@H]1CC[C@H](OC)C1=C. The highest BCUT2D eigenvalue weighted by atomic mass is 16.5. The highest BCUT2D eigenvalue weighted by Crippen LogP contribution is 2.35. The molecule has 1 aliphatic rings. The van der Waals surface area contributed by atoms with Crippen molar-refractivity contribution in [3.63, 3.8) is 0 Å². The molecule has 0 aromatic rings. The van der Waals surface area contributed by atoms with E-state index in [9.17, 15) is 0 Å². The Labute approximate surface area is 68.8 Å². The standard InChI is InChI=1S/C10H16O/c1-7(2)9-5-6-10(11-4)8(9)3/h9-10H,1,3,5-6H2,2,4H3/t9-,10-/m0/s1. The van der Waals surface area contributed by atoms with Gasteiger partial charge in [-0.25, -0.2) is 0 Å². The number of hydrogen-bond donors (Lipinski definition) is 0. The first-order valence-electron chi connectivity index (χ1n) is 4.03. The fourth-order valence-corrected chi connectivity index (χ4v) is 1.75. The molecule has 1 fully saturated rings. The zero-order chi connectivity index (χ0) is 8.43. The van der Waals surface area contributed by atoms with E-state index in [0.717, 1.165) is 12.8 Å². The first-order chi connectivity index (χ1) is 5.16. The van der Waals surface area contributed by atoms with Gasteiger partial charge < -0.3 is 4.74 Å². The van der Waals surface area contributed by atoms with Crippen LogP contribution in [0.15, 0.2) is 24.3 Å². The second kappa shape index (κ2) is 3.22. The van der Waals surface area contributed by atoms with Crippen LogP contribution < -0.4 is 0 Å². The molecular formula is C10H16O.